The van der Waals surface area contributed by atoms with Crippen molar-refractivity contribution in [2.45, 2.75) is 22.7 Å². The van der Waals surface area contributed by atoms with Crippen LogP contribution in [0.15, 0.2) is 21.6 Å². The summed E-state index contributed by atoms with van der Waals surface area (Å²) in [7, 11) is 0. The lowest BCUT2D eigenvalue weighted by molar-refractivity contribution is 0.100. The van der Waals surface area contributed by atoms with Crippen LogP contribution in [0.4, 0.5) is 5.69 Å². The van der Waals surface area contributed by atoms with Gasteiger partial charge in [-0.25, -0.2) is 9.97 Å². The Hall–Kier alpha value is -1.67. The number of hydrogen-bond donors (Lipinski definition) is 2. The SMILES string of the molecule is CCc1nsc(Sc2cc(C(N)=O)c(N)cn2)n1. The van der Waals surface area contributed by atoms with Gasteiger partial charge in [0.2, 0.25) is 0 Å². The third-order valence-electron chi connectivity index (χ3n) is 2.13. The molecule has 0 aliphatic carbocycles. The van der Waals surface area contributed by atoms with E-state index in [4.69, 9.17) is 11.5 Å². The molecule has 0 spiro atoms. The maximum absolute atomic E-state index is 11.2. The first-order valence-electron chi connectivity index (χ1n) is 5.16. The summed E-state index contributed by atoms with van der Waals surface area (Å²) in [6, 6.07) is 1.56. The molecule has 0 bridgehead atoms. The van der Waals surface area contributed by atoms with E-state index in [0.717, 1.165) is 16.6 Å². The van der Waals surface area contributed by atoms with E-state index in [1.807, 2.05) is 6.92 Å². The molecule has 94 valence electrons. The molecule has 0 unspecified atom stereocenters. The molecule has 18 heavy (non-hydrogen) atoms. The van der Waals surface area contributed by atoms with Crippen molar-refractivity contribution in [1.82, 2.24) is 14.3 Å². The van der Waals surface area contributed by atoms with Crippen LogP contribution in [-0.2, 0) is 6.42 Å². The minimum absolute atomic E-state index is 0.271. The molecule has 1 amide bonds. The molecule has 0 aromatic carbocycles. The molecule has 0 atom stereocenters. The molecule has 0 aliphatic heterocycles. The fourth-order valence-corrected chi connectivity index (χ4v) is 2.86. The van der Waals surface area contributed by atoms with Gasteiger partial charge < -0.3 is 11.5 Å². The van der Waals surface area contributed by atoms with Gasteiger partial charge in [0.05, 0.1) is 17.4 Å². The number of anilines is 1. The molecule has 2 rings (SSSR count). The topological polar surface area (TPSA) is 108 Å². The molecule has 0 aliphatic rings. The van der Waals surface area contributed by atoms with Crippen LogP contribution < -0.4 is 11.5 Å². The van der Waals surface area contributed by atoms with E-state index in [-0.39, 0.29) is 11.3 Å². The van der Waals surface area contributed by atoms with Gasteiger partial charge in [-0.15, -0.1) is 0 Å². The summed E-state index contributed by atoms with van der Waals surface area (Å²) in [5.41, 5.74) is 11.4. The Balaban J connectivity index is 2.24. The van der Waals surface area contributed by atoms with Crippen molar-refractivity contribution in [3.05, 3.63) is 23.7 Å². The highest BCUT2D eigenvalue weighted by Crippen LogP contribution is 2.29. The first kappa shape index (κ1) is 12.8. The first-order valence-corrected chi connectivity index (χ1v) is 6.75. The quantitative estimate of drug-likeness (QED) is 0.875. The van der Waals surface area contributed by atoms with E-state index in [1.165, 1.54) is 29.5 Å². The van der Waals surface area contributed by atoms with Gasteiger partial charge >= 0.3 is 0 Å². The van der Waals surface area contributed by atoms with Crippen LogP contribution in [-0.4, -0.2) is 20.2 Å². The number of nitrogens with two attached hydrogens (primary N) is 2. The minimum atomic E-state index is -0.566. The number of hydrogen-bond acceptors (Lipinski definition) is 7. The predicted molar refractivity (Wildman–Crippen MR) is 70.6 cm³/mol. The number of aromatic nitrogens is 3. The summed E-state index contributed by atoms with van der Waals surface area (Å²) < 4.78 is 4.95. The fraction of sp³-hybridized carbons (Fsp3) is 0.200. The highest BCUT2D eigenvalue weighted by Gasteiger charge is 2.11. The normalized spacial score (nSPS) is 10.5. The van der Waals surface area contributed by atoms with Crippen LogP contribution in [0.1, 0.15) is 23.1 Å². The lowest BCUT2D eigenvalue weighted by atomic mass is 10.2. The number of primary amides is 1. The van der Waals surface area contributed by atoms with Gasteiger partial charge in [0.15, 0.2) is 4.34 Å². The molecule has 6 nitrogen and oxygen atoms in total. The van der Waals surface area contributed by atoms with E-state index in [2.05, 4.69) is 14.3 Å². The second-order valence-electron chi connectivity index (χ2n) is 3.41. The van der Waals surface area contributed by atoms with Crippen molar-refractivity contribution in [1.29, 1.82) is 0 Å². The van der Waals surface area contributed by atoms with E-state index < -0.39 is 5.91 Å². The summed E-state index contributed by atoms with van der Waals surface area (Å²) in [5, 5.41) is 0.622. The van der Waals surface area contributed by atoms with Crippen molar-refractivity contribution in [2.24, 2.45) is 5.73 Å². The molecule has 2 aromatic heterocycles. The number of amides is 1. The van der Waals surface area contributed by atoms with E-state index in [9.17, 15) is 4.79 Å². The molecule has 0 saturated heterocycles. The van der Waals surface area contributed by atoms with Gasteiger partial charge in [-0.05, 0) is 29.4 Å². The number of pyridine rings is 1. The molecule has 0 radical (unpaired) electrons. The van der Waals surface area contributed by atoms with Gasteiger partial charge in [-0.3, -0.25) is 4.79 Å². The van der Waals surface area contributed by atoms with E-state index in [0.29, 0.717) is 5.03 Å². The maximum Gasteiger partial charge on any atom is 0.250 e. The number of carbonyl (C=O) groups is 1. The van der Waals surface area contributed by atoms with Crippen molar-refractivity contribution in [2.75, 3.05) is 5.73 Å². The van der Waals surface area contributed by atoms with Gasteiger partial charge in [0, 0.05) is 6.42 Å². The second kappa shape index (κ2) is 5.32. The number of rotatable bonds is 4. The Morgan fingerprint density at radius 3 is 2.94 bits per heavy atom. The van der Waals surface area contributed by atoms with E-state index in [1.54, 1.807) is 6.07 Å². The highest BCUT2D eigenvalue weighted by atomic mass is 32.2. The molecule has 2 aromatic rings. The Bertz CT molecular complexity index is 583. The molecule has 8 heteroatoms. The molecule has 0 saturated carbocycles. The lowest BCUT2D eigenvalue weighted by Gasteiger charge is -2.02. The Morgan fingerprint density at radius 1 is 1.56 bits per heavy atom. The smallest absolute Gasteiger partial charge is 0.250 e. The van der Waals surface area contributed by atoms with Crippen molar-refractivity contribution in [3.63, 3.8) is 0 Å². The average Bonchev–Trinajstić information content (AvgIpc) is 2.79. The average molecular weight is 281 g/mol. The van der Waals surface area contributed by atoms with Gasteiger partial charge in [-0.2, -0.15) is 4.37 Å². The largest absolute Gasteiger partial charge is 0.397 e. The van der Waals surface area contributed by atoms with Crippen molar-refractivity contribution in [3.8, 4) is 0 Å². The monoisotopic (exact) mass is 281 g/mol. The van der Waals surface area contributed by atoms with Crippen LogP contribution in [0.5, 0.6) is 0 Å². The number of carbonyl (C=O) groups excluding carboxylic acids is 1. The summed E-state index contributed by atoms with van der Waals surface area (Å²) in [5.74, 6) is 0.233. The first-order chi connectivity index (χ1) is 8.60. The summed E-state index contributed by atoms with van der Waals surface area (Å²) in [6.45, 7) is 1.99. The van der Waals surface area contributed by atoms with E-state index >= 15 is 0 Å². The minimum Gasteiger partial charge on any atom is -0.397 e. The molecule has 4 N–H and O–H groups in total. The fourth-order valence-electron chi connectivity index (χ4n) is 1.23. The van der Waals surface area contributed by atoms with Crippen LogP contribution >= 0.6 is 23.3 Å². The summed E-state index contributed by atoms with van der Waals surface area (Å²) >= 11 is 2.64. The third kappa shape index (κ3) is 2.77. The Kier molecular flexibility index (Phi) is 3.78. The zero-order valence-electron chi connectivity index (χ0n) is 9.58. The Morgan fingerprint density at radius 2 is 2.33 bits per heavy atom. The van der Waals surface area contributed by atoms with Crippen molar-refractivity contribution < 1.29 is 4.79 Å². The lowest BCUT2D eigenvalue weighted by Crippen LogP contribution is -2.13. The highest BCUT2D eigenvalue weighted by molar-refractivity contribution is 8.00. The predicted octanol–water partition coefficient (Wildman–Crippen LogP) is 1.33. The molecular formula is C10H11N5OS2. The van der Waals surface area contributed by atoms with Gasteiger partial charge in [0.1, 0.15) is 10.9 Å². The van der Waals surface area contributed by atoms with Gasteiger partial charge in [-0.1, -0.05) is 6.92 Å². The number of nitrogen functional groups attached to an aromatic ring is 1. The summed E-state index contributed by atoms with van der Waals surface area (Å²) in [4.78, 5) is 19.6. The van der Waals surface area contributed by atoms with Crippen molar-refractivity contribution >= 4 is 34.9 Å². The maximum atomic E-state index is 11.2. The van der Waals surface area contributed by atoms with Crippen LogP contribution in [0.25, 0.3) is 0 Å². The number of aryl methyl sites for hydroxylation is 1. The molecular weight excluding hydrogens is 270 g/mol. The zero-order valence-corrected chi connectivity index (χ0v) is 11.2. The third-order valence-corrected chi connectivity index (χ3v) is 3.85. The van der Waals surface area contributed by atoms with Crippen LogP contribution in [0, 0.1) is 0 Å². The molecule has 0 fully saturated rings. The van der Waals surface area contributed by atoms with Gasteiger partial charge in [0.25, 0.3) is 5.91 Å². The molecule has 2 heterocycles. The Labute approximate surface area is 112 Å². The second-order valence-corrected chi connectivity index (χ2v) is 5.43. The zero-order chi connectivity index (χ0) is 13.1. The number of nitrogens with zero attached hydrogens (tertiary/aromatic N) is 3. The standard InChI is InChI=1S/C10H11N5OS2/c1-2-7-14-10(18-15-7)17-8-3-5(9(12)16)6(11)4-13-8/h3-4H,2,11H2,1H3,(H2,12,16). The summed E-state index contributed by atoms with van der Waals surface area (Å²) in [6.07, 6.45) is 2.21. The van der Waals surface area contributed by atoms with Crippen LogP contribution in [0.3, 0.4) is 0 Å². The van der Waals surface area contributed by atoms with Crippen LogP contribution in [0.2, 0.25) is 0 Å².